The molecule has 0 spiro atoms. The van der Waals surface area contributed by atoms with E-state index in [1.807, 2.05) is 0 Å². The Morgan fingerprint density at radius 1 is 1.16 bits per heavy atom. The summed E-state index contributed by atoms with van der Waals surface area (Å²) in [5.74, 6) is 0.321. The smallest absolute Gasteiger partial charge is 0.222 e. The molecule has 0 saturated carbocycles. The molecule has 0 aromatic heterocycles. The summed E-state index contributed by atoms with van der Waals surface area (Å²) in [5, 5.41) is 0. The lowest BCUT2D eigenvalue weighted by atomic mass is 9.74. The van der Waals surface area contributed by atoms with E-state index in [4.69, 9.17) is 5.73 Å². The van der Waals surface area contributed by atoms with E-state index in [0.717, 1.165) is 62.8 Å². The van der Waals surface area contributed by atoms with Crippen LogP contribution in [0.4, 0.5) is 0 Å². The van der Waals surface area contributed by atoms with Crippen molar-refractivity contribution in [1.82, 2.24) is 4.90 Å². The predicted octanol–water partition coefficient (Wildman–Crippen LogP) is 2.67. The molecule has 0 radical (unpaired) electrons. The lowest BCUT2D eigenvalue weighted by Gasteiger charge is -2.41. The van der Waals surface area contributed by atoms with Gasteiger partial charge < -0.3 is 15.1 Å². The van der Waals surface area contributed by atoms with Crippen molar-refractivity contribution in [3.8, 4) is 0 Å². The van der Waals surface area contributed by atoms with Crippen LogP contribution in [0.3, 0.4) is 0 Å². The standard InChI is InChI=1S/C21H36N3O/c1-24(2,3)17-7-10-20(25)23-15-13-21(18-22,14-16-23)12-11-19-8-5-4-6-9-19/h4-6,8-9H,7,10-18,22H2,1-3H3/q+1. The Balaban J connectivity index is 1.78. The van der Waals surface area contributed by atoms with Crippen LogP contribution < -0.4 is 5.73 Å². The topological polar surface area (TPSA) is 46.3 Å². The Morgan fingerprint density at radius 3 is 2.36 bits per heavy atom. The first-order chi connectivity index (χ1) is 11.8. The number of amides is 1. The highest BCUT2D eigenvalue weighted by Gasteiger charge is 2.34. The zero-order chi connectivity index (χ0) is 18.3. The highest BCUT2D eigenvalue weighted by atomic mass is 16.2. The third-order valence-electron chi connectivity index (χ3n) is 5.62. The number of nitrogens with zero attached hydrogens (tertiary/aromatic N) is 2. The molecule has 1 heterocycles. The second-order valence-electron chi connectivity index (χ2n) is 8.69. The van der Waals surface area contributed by atoms with Gasteiger partial charge in [-0.3, -0.25) is 4.79 Å². The van der Waals surface area contributed by atoms with Gasteiger partial charge >= 0.3 is 0 Å². The Bertz CT molecular complexity index is 528. The highest BCUT2D eigenvalue weighted by Crippen LogP contribution is 2.35. The van der Waals surface area contributed by atoms with Gasteiger partial charge in [-0.1, -0.05) is 30.3 Å². The van der Waals surface area contributed by atoms with E-state index < -0.39 is 0 Å². The Kier molecular flexibility index (Phi) is 7.03. The second kappa shape index (κ2) is 8.81. The van der Waals surface area contributed by atoms with Crippen LogP contribution in [0.1, 0.15) is 37.7 Å². The highest BCUT2D eigenvalue weighted by molar-refractivity contribution is 5.76. The molecular formula is C21H36N3O+. The SMILES string of the molecule is C[N+](C)(C)CCCC(=O)N1CCC(CN)(CCc2ccccc2)CC1. The summed E-state index contributed by atoms with van der Waals surface area (Å²) in [5.41, 5.74) is 7.73. The number of quaternary nitrogens is 1. The first-order valence-electron chi connectivity index (χ1n) is 9.66. The van der Waals surface area contributed by atoms with E-state index in [9.17, 15) is 4.79 Å². The minimum absolute atomic E-state index is 0.203. The van der Waals surface area contributed by atoms with Crippen molar-refractivity contribution in [3.05, 3.63) is 35.9 Å². The lowest BCUT2D eigenvalue weighted by Crippen LogP contribution is -2.46. The first-order valence-corrected chi connectivity index (χ1v) is 9.66. The van der Waals surface area contributed by atoms with Crippen LogP contribution in [-0.2, 0) is 11.2 Å². The van der Waals surface area contributed by atoms with Gasteiger partial charge in [0.15, 0.2) is 0 Å². The van der Waals surface area contributed by atoms with Crippen molar-refractivity contribution in [2.24, 2.45) is 11.1 Å². The molecule has 140 valence electrons. The Labute approximate surface area is 153 Å². The quantitative estimate of drug-likeness (QED) is 0.736. The molecule has 1 saturated heterocycles. The molecule has 0 atom stereocenters. The number of nitrogens with two attached hydrogens (primary N) is 1. The fraction of sp³-hybridized carbons (Fsp3) is 0.667. The zero-order valence-corrected chi connectivity index (χ0v) is 16.3. The van der Waals surface area contributed by atoms with Crippen LogP contribution >= 0.6 is 0 Å². The molecule has 1 fully saturated rings. The maximum atomic E-state index is 12.5. The number of rotatable bonds is 8. The molecule has 1 aliphatic heterocycles. The van der Waals surface area contributed by atoms with Gasteiger partial charge in [0.25, 0.3) is 0 Å². The van der Waals surface area contributed by atoms with E-state index in [1.54, 1.807) is 0 Å². The largest absolute Gasteiger partial charge is 0.343 e. The minimum Gasteiger partial charge on any atom is -0.343 e. The molecule has 1 amide bonds. The summed E-state index contributed by atoms with van der Waals surface area (Å²) in [6.07, 6.45) is 5.92. The lowest BCUT2D eigenvalue weighted by molar-refractivity contribution is -0.870. The van der Waals surface area contributed by atoms with Crippen molar-refractivity contribution in [3.63, 3.8) is 0 Å². The van der Waals surface area contributed by atoms with E-state index in [0.29, 0.717) is 12.3 Å². The maximum Gasteiger partial charge on any atom is 0.222 e. The van der Waals surface area contributed by atoms with E-state index in [2.05, 4.69) is 56.4 Å². The fourth-order valence-electron chi connectivity index (χ4n) is 3.70. The molecular weight excluding hydrogens is 310 g/mol. The number of piperidine rings is 1. The van der Waals surface area contributed by atoms with Crippen LogP contribution in [0.5, 0.6) is 0 Å². The maximum absolute atomic E-state index is 12.5. The normalized spacial score (nSPS) is 17.5. The summed E-state index contributed by atoms with van der Waals surface area (Å²) in [6.45, 7) is 3.51. The van der Waals surface area contributed by atoms with Crippen molar-refractivity contribution in [2.75, 3.05) is 47.3 Å². The summed E-state index contributed by atoms with van der Waals surface area (Å²) in [6, 6.07) is 10.6. The van der Waals surface area contributed by atoms with Gasteiger partial charge in [0.2, 0.25) is 5.91 Å². The predicted molar refractivity (Wildman–Crippen MR) is 104 cm³/mol. The monoisotopic (exact) mass is 346 g/mol. The molecule has 1 aliphatic rings. The fourth-order valence-corrected chi connectivity index (χ4v) is 3.70. The van der Waals surface area contributed by atoms with Gasteiger partial charge in [0, 0.05) is 25.9 Å². The number of hydrogen-bond acceptors (Lipinski definition) is 2. The van der Waals surface area contributed by atoms with Crippen molar-refractivity contribution >= 4 is 5.91 Å². The first kappa shape index (κ1) is 19.9. The summed E-state index contributed by atoms with van der Waals surface area (Å²) in [7, 11) is 6.52. The van der Waals surface area contributed by atoms with Gasteiger partial charge in [-0.15, -0.1) is 0 Å². The average molecular weight is 347 g/mol. The van der Waals surface area contributed by atoms with Crippen molar-refractivity contribution in [2.45, 2.75) is 38.5 Å². The van der Waals surface area contributed by atoms with Gasteiger partial charge in [0.1, 0.15) is 0 Å². The molecule has 1 aromatic rings. The molecule has 1 aromatic carbocycles. The number of benzene rings is 1. The molecule has 2 N–H and O–H groups in total. The molecule has 2 rings (SSSR count). The summed E-state index contributed by atoms with van der Waals surface area (Å²) >= 11 is 0. The Hall–Kier alpha value is -1.39. The molecule has 0 aliphatic carbocycles. The van der Waals surface area contributed by atoms with Crippen molar-refractivity contribution in [1.29, 1.82) is 0 Å². The molecule has 25 heavy (non-hydrogen) atoms. The van der Waals surface area contributed by atoms with Gasteiger partial charge in [-0.25, -0.2) is 0 Å². The number of aryl methyl sites for hydroxylation is 1. The number of carbonyl (C=O) groups is 1. The van der Waals surface area contributed by atoms with Crippen LogP contribution in [0.15, 0.2) is 30.3 Å². The molecule has 4 nitrogen and oxygen atoms in total. The van der Waals surface area contributed by atoms with Gasteiger partial charge in [-0.05, 0) is 43.2 Å². The van der Waals surface area contributed by atoms with E-state index in [1.165, 1.54) is 5.56 Å². The third kappa shape index (κ3) is 6.44. The van der Waals surface area contributed by atoms with Crippen LogP contribution in [0.25, 0.3) is 0 Å². The number of likely N-dealkylation sites (tertiary alicyclic amines) is 1. The van der Waals surface area contributed by atoms with Gasteiger partial charge in [0.05, 0.1) is 27.7 Å². The molecule has 0 bridgehead atoms. The number of carbonyl (C=O) groups excluding carboxylic acids is 1. The summed E-state index contributed by atoms with van der Waals surface area (Å²) < 4.78 is 0.920. The van der Waals surface area contributed by atoms with Gasteiger partial charge in [-0.2, -0.15) is 0 Å². The van der Waals surface area contributed by atoms with E-state index in [-0.39, 0.29) is 5.41 Å². The average Bonchev–Trinajstić information content (AvgIpc) is 2.60. The number of hydrogen-bond donors (Lipinski definition) is 1. The zero-order valence-electron chi connectivity index (χ0n) is 16.3. The second-order valence-corrected chi connectivity index (χ2v) is 8.69. The minimum atomic E-state index is 0.203. The summed E-state index contributed by atoms with van der Waals surface area (Å²) in [4.78, 5) is 14.5. The van der Waals surface area contributed by atoms with E-state index >= 15 is 0 Å². The van der Waals surface area contributed by atoms with Crippen LogP contribution in [0, 0.1) is 5.41 Å². The molecule has 4 heteroatoms. The third-order valence-corrected chi connectivity index (χ3v) is 5.62. The van der Waals surface area contributed by atoms with Crippen LogP contribution in [-0.4, -0.2) is 62.6 Å². The van der Waals surface area contributed by atoms with Crippen LogP contribution in [0.2, 0.25) is 0 Å². The van der Waals surface area contributed by atoms with Crippen molar-refractivity contribution < 1.29 is 9.28 Å². The molecule has 0 unspecified atom stereocenters. The Morgan fingerprint density at radius 2 is 1.80 bits per heavy atom.